The Kier molecular flexibility index (Phi) is 4.19. The molecule has 0 spiro atoms. The third-order valence-electron chi connectivity index (χ3n) is 4.56. The van der Waals surface area contributed by atoms with Crippen molar-refractivity contribution in [2.75, 3.05) is 11.5 Å². The Hall–Kier alpha value is -0.780. The van der Waals surface area contributed by atoms with E-state index in [1.165, 1.54) is 19.3 Å². The van der Waals surface area contributed by atoms with Crippen molar-refractivity contribution in [3.05, 3.63) is 23.8 Å². The van der Waals surface area contributed by atoms with Crippen molar-refractivity contribution in [1.29, 1.82) is 0 Å². The van der Waals surface area contributed by atoms with Crippen LogP contribution in [0.25, 0.3) is 0 Å². The first kappa shape index (κ1) is 14.2. The lowest BCUT2D eigenvalue weighted by Gasteiger charge is -2.24. The van der Waals surface area contributed by atoms with E-state index in [0.29, 0.717) is 22.0 Å². The van der Waals surface area contributed by atoms with Gasteiger partial charge in [-0.3, -0.25) is 4.79 Å². The lowest BCUT2D eigenvalue weighted by atomic mass is 9.97. The summed E-state index contributed by atoms with van der Waals surface area (Å²) >= 11 is 2.09. The molecule has 2 saturated carbocycles. The van der Waals surface area contributed by atoms with Crippen LogP contribution in [0.5, 0.6) is 11.5 Å². The average molecular weight is 386 g/mol. The van der Waals surface area contributed by atoms with Crippen LogP contribution in [-0.2, 0) is 0 Å². The summed E-state index contributed by atoms with van der Waals surface area (Å²) in [4.78, 5) is 11.8. The maximum Gasteiger partial charge on any atom is 0.172 e. The van der Waals surface area contributed by atoms with Gasteiger partial charge in [0.25, 0.3) is 0 Å². The van der Waals surface area contributed by atoms with Gasteiger partial charge in [-0.05, 0) is 55.7 Å². The Labute approximate surface area is 133 Å². The van der Waals surface area contributed by atoms with Crippen LogP contribution < -0.4 is 9.47 Å². The number of hydrogen-bond acceptors (Lipinski definition) is 3. The van der Waals surface area contributed by atoms with Crippen LogP contribution in [0.1, 0.15) is 36.0 Å². The second-order valence-corrected chi connectivity index (χ2v) is 6.52. The highest BCUT2D eigenvalue weighted by atomic mass is 127. The minimum absolute atomic E-state index is 0.131. The number of fused-ring (bicyclic) bond motifs is 2. The number of benzene rings is 1. The van der Waals surface area contributed by atoms with E-state index in [4.69, 9.17) is 9.47 Å². The van der Waals surface area contributed by atoms with Gasteiger partial charge in [0, 0.05) is 5.56 Å². The van der Waals surface area contributed by atoms with Crippen molar-refractivity contribution < 1.29 is 14.3 Å². The molecule has 2 bridgehead atoms. The fourth-order valence-electron chi connectivity index (χ4n) is 3.51. The first-order valence-electron chi connectivity index (χ1n) is 7.15. The van der Waals surface area contributed by atoms with Gasteiger partial charge in [-0.1, -0.05) is 22.6 Å². The van der Waals surface area contributed by atoms with Gasteiger partial charge in [0.1, 0.15) is 6.10 Å². The van der Waals surface area contributed by atoms with Gasteiger partial charge in [-0.25, -0.2) is 0 Å². The van der Waals surface area contributed by atoms with Gasteiger partial charge in [0.05, 0.1) is 11.5 Å². The van der Waals surface area contributed by atoms with Crippen LogP contribution in [0.15, 0.2) is 18.2 Å². The molecule has 2 fully saturated rings. The molecule has 0 aliphatic heterocycles. The van der Waals surface area contributed by atoms with Gasteiger partial charge >= 0.3 is 0 Å². The van der Waals surface area contributed by atoms with Crippen LogP contribution in [0.2, 0.25) is 0 Å². The minimum atomic E-state index is 0.131. The maximum absolute atomic E-state index is 11.8. The van der Waals surface area contributed by atoms with Crippen molar-refractivity contribution in [1.82, 2.24) is 0 Å². The quantitative estimate of drug-likeness (QED) is 0.438. The predicted octanol–water partition coefficient (Wildman–Crippen LogP) is 3.88. The minimum Gasteiger partial charge on any atom is -0.493 e. The van der Waals surface area contributed by atoms with Gasteiger partial charge < -0.3 is 9.47 Å². The van der Waals surface area contributed by atoms with E-state index in [-0.39, 0.29) is 5.78 Å². The highest BCUT2D eigenvalue weighted by molar-refractivity contribution is 14.1. The number of hydrogen-bond donors (Lipinski definition) is 0. The summed E-state index contributed by atoms with van der Waals surface area (Å²) in [6.07, 6.45) is 5.39. The molecule has 3 unspecified atom stereocenters. The number of ether oxygens (including phenoxy) is 2. The molecule has 20 heavy (non-hydrogen) atoms. The molecule has 1 aromatic rings. The van der Waals surface area contributed by atoms with E-state index in [9.17, 15) is 4.79 Å². The summed E-state index contributed by atoms with van der Waals surface area (Å²) in [7, 11) is 1.64. The van der Waals surface area contributed by atoms with Gasteiger partial charge in [0.2, 0.25) is 0 Å². The highest BCUT2D eigenvalue weighted by Gasteiger charge is 2.41. The predicted molar refractivity (Wildman–Crippen MR) is 86.1 cm³/mol. The maximum atomic E-state index is 11.8. The molecule has 0 saturated heterocycles. The molecule has 0 radical (unpaired) electrons. The van der Waals surface area contributed by atoms with Crippen LogP contribution in [-0.4, -0.2) is 23.4 Å². The molecule has 2 aliphatic carbocycles. The molecule has 0 N–H and O–H groups in total. The molecule has 3 atom stereocenters. The van der Waals surface area contributed by atoms with Crippen LogP contribution in [0.4, 0.5) is 0 Å². The number of Topliss-reactive ketones (excluding diaryl/α,β-unsaturated/α-hetero) is 1. The van der Waals surface area contributed by atoms with Gasteiger partial charge in [0.15, 0.2) is 17.3 Å². The van der Waals surface area contributed by atoms with E-state index < -0.39 is 0 Å². The largest absolute Gasteiger partial charge is 0.493 e. The van der Waals surface area contributed by atoms with Crippen molar-refractivity contribution in [3.8, 4) is 11.5 Å². The Balaban J connectivity index is 1.81. The molecule has 3 nitrogen and oxygen atoms in total. The summed E-state index contributed by atoms with van der Waals surface area (Å²) in [6, 6.07) is 5.49. The lowest BCUT2D eigenvalue weighted by molar-refractivity contribution is 0.102. The molecule has 0 aromatic heterocycles. The fourth-order valence-corrected chi connectivity index (χ4v) is 3.95. The number of halogens is 1. The summed E-state index contributed by atoms with van der Waals surface area (Å²) in [6.45, 7) is 0. The summed E-state index contributed by atoms with van der Waals surface area (Å²) < 4.78 is 12.0. The van der Waals surface area contributed by atoms with Gasteiger partial charge in [-0.2, -0.15) is 0 Å². The third kappa shape index (κ3) is 2.67. The second-order valence-electron chi connectivity index (χ2n) is 5.75. The highest BCUT2D eigenvalue weighted by Crippen LogP contribution is 2.46. The Morgan fingerprint density at radius 1 is 1.30 bits per heavy atom. The van der Waals surface area contributed by atoms with Crippen molar-refractivity contribution in [3.63, 3.8) is 0 Å². The second kappa shape index (κ2) is 5.92. The van der Waals surface area contributed by atoms with Crippen LogP contribution in [0, 0.1) is 11.8 Å². The molecule has 4 heteroatoms. The number of carbonyl (C=O) groups is 1. The Morgan fingerprint density at radius 3 is 2.75 bits per heavy atom. The zero-order valence-electron chi connectivity index (χ0n) is 11.6. The monoisotopic (exact) mass is 386 g/mol. The first-order chi connectivity index (χ1) is 9.71. The number of ketones is 1. The van der Waals surface area contributed by atoms with Crippen molar-refractivity contribution in [2.24, 2.45) is 11.8 Å². The van der Waals surface area contributed by atoms with E-state index >= 15 is 0 Å². The third-order valence-corrected chi connectivity index (χ3v) is 5.25. The lowest BCUT2D eigenvalue weighted by Crippen LogP contribution is -2.23. The van der Waals surface area contributed by atoms with Gasteiger partial charge in [-0.15, -0.1) is 0 Å². The van der Waals surface area contributed by atoms with Crippen LogP contribution >= 0.6 is 22.6 Å². The number of alkyl halides is 1. The average Bonchev–Trinajstić information content (AvgIpc) is 3.09. The number of carbonyl (C=O) groups excluding carboxylic acids is 1. The molecule has 0 amide bonds. The SMILES string of the molecule is COc1ccc(C(=O)CI)cc1OC1CC2CCC1C2. The number of rotatable bonds is 5. The smallest absolute Gasteiger partial charge is 0.172 e. The van der Waals surface area contributed by atoms with E-state index in [0.717, 1.165) is 23.8 Å². The van der Waals surface area contributed by atoms with E-state index in [1.807, 2.05) is 18.2 Å². The Bertz CT molecular complexity index is 514. The molecule has 1 aromatic carbocycles. The fraction of sp³-hybridized carbons (Fsp3) is 0.562. The van der Waals surface area contributed by atoms with Crippen LogP contribution in [0.3, 0.4) is 0 Å². The number of methoxy groups -OCH3 is 1. The molecular formula is C16H19IO3. The van der Waals surface area contributed by atoms with E-state index in [1.54, 1.807) is 7.11 Å². The normalized spacial score (nSPS) is 27.6. The summed E-state index contributed by atoms with van der Waals surface area (Å²) in [5, 5.41) is 0. The molecular weight excluding hydrogens is 367 g/mol. The summed E-state index contributed by atoms with van der Waals surface area (Å²) in [5.41, 5.74) is 0.707. The summed E-state index contributed by atoms with van der Waals surface area (Å²) in [5.74, 6) is 3.10. The zero-order chi connectivity index (χ0) is 14.1. The molecule has 2 aliphatic rings. The molecule has 0 heterocycles. The molecule has 108 valence electrons. The molecule has 3 rings (SSSR count). The topological polar surface area (TPSA) is 35.5 Å². The van der Waals surface area contributed by atoms with E-state index in [2.05, 4.69) is 22.6 Å². The Morgan fingerprint density at radius 2 is 2.15 bits per heavy atom. The van der Waals surface area contributed by atoms with Crippen molar-refractivity contribution in [2.45, 2.75) is 31.8 Å². The van der Waals surface area contributed by atoms with Crippen molar-refractivity contribution >= 4 is 28.4 Å². The zero-order valence-corrected chi connectivity index (χ0v) is 13.8. The standard InChI is InChI=1S/C16H19IO3/c1-19-14-5-4-11(13(18)9-17)8-16(14)20-15-7-10-2-3-12(15)6-10/h4-5,8,10,12,15H,2-3,6-7,9H2,1H3. The first-order valence-corrected chi connectivity index (χ1v) is 8.67.